The monoisotopic (exact) mass is 218 g/mol. The van der Waals surface area contributed by atoms with Crippen LogP contribution in [0.3, 0.4) is 0 Å². The molecule has 4 nitrogen and oxygen atoms in total. The van der Waals surface area contributed by atoms with Gasteiger partial charge in [0, 0.05) is 12.5 Å². The Morgan fingerprint density at radius 3 is 2.56 bits per heavy atom. The van der Waals surface area contributed by atoms with Gasteiger partial charge in [-0.3, -0.25) is 0 Å². The van der Waals surface area contributed by atoms with E-state index in [-0.39, 0.29) is 0 Å². The lowest BCUT2D eigenvalue weighted by Gasteiger charge is -2.01. The zero-order valence-corrected chi connectivity index (χ0v) is 9.36. The number of ether oxygens (including phenoxy) is 1. The van der Waals surface area contributed by atoms with Gasteiger partial charge < -0.3 is 14.9 Å². The van der Waals surface area contributed by atoms with Gasteiger partial charge in [-0.25, -0.2) is 4.98 Å². The van der Waals surface area contributed by atoms with Crippen LogP contribution in [-0.2, 0) is 6.54 Å². The Morgan fingerprint density at radius 2 is 2.00 bits per heavy atom. The molecule has 0 saturated heterocycles. The van der Waals surface area contributed by atoms with Gasteiger partial charge in [0.05, 0.1) is 13.7 Å². The summed E-state index contributed by atoms with van der Waals surface area (Å²) in [6, 6.07) is 7.66. The van der Waals surface area contributed by atoms with Crippen molar-refractivity contribution in [3.8, 4) is 17.0 Å². The van der Waals surface area contributed by atoms with Gasteiger partial charge >= 0.3 is 0 Å². The number of hydrogen-bond acceptors (Lipinski definition) is 4. The molecule has 0 spiro atoms. The highest BCUT2D eigenvalue weighted by atomic mass is 16.5. The van der Waals surface area contributed by atoms with Gasteiger partial charge in [0.25, 0.3) is 0 Å². The quantitative estimate of drug-likeness (QED) is 0.857. The van der Waals surface area contributed by atoms with Crippen molar-refractivity contribution in [3.63, 3.8) is 0 Å². The van der Waals surface area contributed by atoms with E-state index >= 15 is 0 Å². The Morgan fingerprint density at radius 1 is 1.31 bits per heavy atom. The van der Waals surface area contributed by atoms with E-state index in [1.54, 1.807) is 7.11 Å². The van der Waals surface area contributed by atoms with Crippen LogP contribution in [0.1, 0.15) is 11.7 Å². The fraction of sp³-hybridized carbons (Fsp3) is 0.250. The SMILES string of the molecule is COc1ccc(-c2nc(C)oc2CN)cc1. The molecule has 2 aromatic rings. The predicted octanol–water partition coefficient (Wildman–Crippen LogP) is 2.12. The lowest BCUT2D eigenvalue weighted by molar-refractivity contribution is 0.415. The summed E-state index contributed by atoms with van der Waals surface area (Å²) in [5, 5.41) is 0. The molecule has 0 bridgehead atoms. The molecule has 2 rings (SSSR count). The second kappa shape index (κ2) is 4.37. The van der Waals surface area contributed by atoms with Crippen LogP contribution >= 0.6 is 0 Å². The van der Waals surface area contributed by atoms with E-state index in [9.17, 15) is 0 Å². The van der Waals surface area contributed by atoms with Crippen molar-refractivity contribution in [2.75, 3.05) is 7.11 Å². The fourth-order valence-corrected chi connectivity index (χ4v) is 1.58. The molecule has 0 atom stereocenters. The molecule has 16 heavy (non-hydrogen) atoms. The molecule has 4 heteroatoms. The van der Waals surface area contributed by atoms with Crippen molar-refractivity contribution < 1.29 is 9.15 Å². The summed E-state index contributed by atoms with van der Waals surface area (Å²) in [6.45, 7) is 2.16. The summed E-state index contributed by atoms with van der Waals surface area (Å²) in [5.41, 5.74) is 7.39. The van der Waals surface area contributed by atoms with Crippen LogP contribution in [0.25, 0.3) is 11.3 Å². The number of oxazole rings is 1. The van der Waals surface area contributed by atoms with E-state index < -0.39 is 0 Å². The summed E-state index contributed by atoms with van der Waals surface area (Å²) in [5.74, 6) is 2.16. The standard InChI is InChI=1S/C12H14N2O2/c1-8-14-12(11(7-13)16-8)9-3-5-10(15-2)6-4-9/h3-6H,7,13H2,1-2H3. The van der Waals surface area contributed by atoms with Gasteiger partial charge in [-0.05, 0) is 24.3 Å². The molecule has 0 radical (unpaired) electrons. The number of hydrogen-bond donors (Lipinski definition) is 1. The predicted molar refractivity (Wildman–Crippen MR) is 61.1 cm³/mol. The van der Waals surface area contributed by atoms with E-state index in [2.05, 4.69) is 4.98 Å². The van der Waals surface area contributed by atoms with Crippen molar-refractivity contribution >= 4 is 0 Å². The molecular weight excluding hydrogens is 204 g/mol. The molecule has 1 aromatic heterocycles. The summed E-state index contributed by atoms with van der Waals surface area (Å²) < 4.78 is 10.5. The van der Waals surface area contributed by atoms with Crippen LogP contribution in [0.4, 0.5) is 0 Å². The van der Waals surface area contributed by atoms with Gasteiger partial charge in [0.15, 0.2) is 5.89 Å². The summed E-state index contributed by atoms with van der Waals surface area (Å²) in [6.07, 6.45) is 0. The molecule has 0 amide bonds. The fourth-order valence-electron chi connectivity index (χ4n) is 1.58. The first-order valence-electron chi connectivity index (χ1n) is 5.05. The Hall–Kier alpha value is -1.81. The van der Waals surface area contributed by atoms with Crippen LogP contribution in [0.5, 0.6) is 5.75 Å². The van der Waals surface area contributed by atoms with Crippen LogP contribution in [0, 0.1) is 6.92 Å². The molecule has 1 heterocycles. The zero-order chi connectivity index (χ0) is 11.5. The average molecular weight is 218 g/mol. The molecule has 2 N–H and O–H groups in total. The number of nitrogens with zero attached hydrogens (tertiary/aromatic N) is 1. The lowest BCUT2D eigenvalue weighted by atomic mass is 10.1. The van der Waals surface area contributed by atoms with Gasteiger partial charge in [-0.15, -0.1) is 0 Å². The van der Waals surface area contributed by atoms with Crippen molar-refractivity contribution in [2.45, 2.75) is 13.5 Å². The Labute approximate surface area is 94.1 Å². The molecule has 84 valence electrons. The van der Waals surface area contributed by atoms with Gasteiger partial charge in [0.2, 0.25) is 0 Å². The smallest absolute Gasteiger partial charge is 0.191 e. The van der Waals surface area contributed by atoms with Crippen molar-refractivity contribution in [2.24, 2.45) is 5.73 Å². The van der Waals surface area contributed by atoms with E-state index in [1.165, 1.54) is 0 Å². The third kappa shape index (κ3) is 1.92. The molecule has 0 aliphatic carbocycles. The number of aryl methyl sites for hydroxylation is 1. The lowest BCUT2D eigenvalue weighted by Crippen LogP contribution is -1.96. The Bertz CT molecular complexity index is 474. The molecule has 1 aromatic carbocycles. The zero-order valence-electron chi connectivity index (χ0n) is 9.36. The first-order valence-corrected chi connectivity index (χ1v) is 5.05. The molecule has 0 aliphatic rings. The van der Waals surface area contributed by atoms with Crippen molar-refractivity contribution in [1.82, 2.24) is 4.98 Å². The van der Waals surface area contributed by atoms with Gasteiger partial charge in [-0.1, -0.05) is 0 Å². The van der Waals surface area contributed by atoms with Gasteiger partial charge in [0.1, 0.15) is 17.2 Å². The first kappa shape index (κ1) is 10.7. The highest BCUT2D eigenvalue weighted by Crippen LogP contribution is 2.25. The highest BCUT2D eigenvalue weighted by molar-refractivity contribution is 5.62. The number of rotatable bonds is 3. The second-order valence-corrected chi connectivity index (χ2v) is 3.44. The average Bonchev–Trinajstić information content (AvgIpc) is 2.70. The van der Waals surface area contributed by atoms with E-state index in [0.29, 0.717) is 18.2 Å². The van der Waals surface area contributed by atoms with Crippen molar-refractivity contribution in [3.05, 3.63) is 35.9 Å². The van der Waals surface area contributed by atoms with Crippen molar-refractivity contribution in [1.29, 1.82) is 0 Å². The minimum absolute atomic E-state index is 0.349. The Kier molecular flexibility index (Phi) is 2.92. The van der Waals surface area contributed by atoms with E-state index in [0.717, 1.165) is 17.0 Å². The molecule has 0 fully saturated rings. The number of methoxy groups -OCH3 is 1. The van der Waals surface area contributed by atoms with Crippen LogP contribution in [-0.4, -0.2) is 12.1 Å². The largest absolute Gasteiger partial charge is 0.497 e. The topological polar surface area (TPSA) is 61.3 Å². The summed E-state index contributed by atoms with van der Waals surface area (Å²) >= 11 is 0. The van der Waals surface area contributed by atoms with Gasteiger partial charge in [-0.2, -0.15) is 0 Å². The molecule has 0 saturated carbocycles. The third-order valence-corrected chi connectivity index (χ3v) is 2.35. The minimum atomic E-state index is 0.349. The number of aromatic nitrogens is 1. The minimum Gasteiger partial charge on any atom is -0.497 e. The number of nitrogens with two attached hydrogens (primary N) is 1. The normalized spacial score (nSPS) is 10.4. The molecule has 0 unspecified atom stereocenters. The third-order valence-electron chi connectivity index (χ3n) is 2.35. The summed E-state index contributed by atoms with van der Waals surface area (Å²) in [7, 11) is 1.64. The summed E-state index contributed by atoms with van der Waals surface area (Å²) in [4.78, 5) is 4.32. The Balaban J connectivity index is 2.41. The number of benzene rings is 1. The maximum Gasteiger partial charge on any atom is 0.191 e. The van der Waals surface area contributed by atoms with Crippen LogP contribution in [0.2, 0.25) is 0 Å². The maximum atomic E-state index is 5.60. The first-order chi connectivity index (χ1) is 7.74. The van der Waals surface area contributed by atoms with Crippen LogP contribution < -0.4 is 10.5 Å². The van der Waals surface area contributed by atoms with E-state index in [1.807, 2.05) is 31.2 Å². The molecule has 0 aliphatic heterocycles. The highest BCUT2D eigenvalue weighted by Gasteiger charge is 2.11. The molecular formula is C12H14N2O2. The maximum absolute atomic E-state index is 5.60. The second-order valence-electron chi connectivity index (χ2n) is 3.44. The van der Waals surface area contributed by atoms with Crippen LogP contribution in [0.15, 0.2) is 28.7 Å². The van der Waals surface area contributed by atoms with E-state index in [4.69, 9.17) is 14.9 Å².